The second-order valence-electron chi connectivity index (χ2n) is 7.36. The van der Waals surface area contributed by atoms with Gasteiger partial charge >= 0.3 is 0 Å². The predicted octanol–water partition coefficient (Wildman–Crippen LogP) is 5.07. The Balaban J connectivity index is 1.95. The molecule has 1 atom stereocenters. The molecule has 1 aliphatic rings. The molecule has 1 saturated heterocycles. The van der Waals surface area contributed by atoms with E-state index in [-0.39, 0.29) is 21.9 Å². The Bertz CT molecular complexity index is 1220. The van der Waals surface area contributed by atoms with Gasteiger partial charge in [0, 0.05) is 23.6 Å². The SMILES string of the molecule is CCOc1ccc(Cl)c(/C(O)=C2\C(=O)C(=O)N(c3cccc(C)c3)C2c2ccncc2)c1. The fraction of sp³-hybridized carbons (Fsp3) is 0.160. The summed E-state index contributed by atoms with van der Waals surface area (Å²) in [7, 11) is 0. The first-order chi connectivity index (χ1) is 15.4. The fourth-order valence-electron chi connectivity index (χ4n) is 3.83. The van der Waals surface area contributed by atoms with Crippen molar-refractivity contribution >= 4 is 34.7 Å². The number of aliphatic hydroxyl groups is 1. The second-order valence-corrected chi connectivity index (χ2v) is 7.77. The Morgan fingerprint density at radius 3 is 2.56 bits per heavy atom. The number of anilines is 1. The molecule has 4 rings (SSSR count). The maximum Gasteiger partial charge on any atom is 0.300 e. The molecule has 7 heteroatoms. The molecule has 0 radical (unpaired) electrons. The van der Waals surface area contributed by atoms with Crippen LogP contribution in [0.3, 0.4) is 0 Å². The Kier molecular flexibility index (Phi) is 5.97. The van der Waals surface area contributed by atoms with Gasteiger partial charge in [-0.3, -0.25) is 19.5 Å². The third-order valence-electron chi connectivity index (χ3n) is 5.25. The highest BCUT2D eigenvalue weighted by Gasteiger charge is 2.47. The molecule has 3 aromatic rings. The van der Waals surface area contributed by atoms with Crippen molar-refractivity contribution in [2.24, 2.45) is 0 Å². The van der Waals surface area contributed by atoms with Crippen LogP contribution >= 0.6 is 11.6 Å². The highest BCUT2D eigenvalue weighted by molar-refractivity contribution is 6.52. The zero-order chi connectivity index (χ0) is 22.8. The molecule has 6 nitrogen and oxygen atoms in total. The topological polar surface area (TPSA) is 79.7 Å². The first-order valence-electron chi connectivity index (χ1n) is 10.1. The van der Waals surface area contributed by atoms with Gasteiger partial charge in [0.1, 0.15) is 11.5 Å². The third-order valence-corrected chi connectivity index (χ3v) is 5.58. The highest BCUT2D eigenvalue weighted by atomic mass is 35.5. The minimum atomic E-state index is -0.841. The van der Waals surface area contributed by atoms with E-state index in [2.05, 4.69) is 4.98 Å². The summed E-state index contributed by atoms with van der Waals surface area (Å²) in [5.41, 5.74) is 2.31. The first-order valence-corrected chi connectivity index (χ1v) is 10.5. The van der Waals surface area contributed by atoms with Gasteiger partial charge in [0.2, 0.25) is 0 Å². The van der Waals surface area contributed by atoms with Crippen LogP contribution in [0.5, 0.6) is 5.75 Å². The van der Waals surface area contributed by atoms with Gasteiger partial charge in [-0.1, -0.05) is 23.7 Å². The monoisotopic (exact) mass is 448 g/mol. The first kappa shape index (κ1) is 21.6. The number of ether oxygens (including phenoxy) is 1. The molecule has 2 heterocycles. The number of carbonyl (C=O) groups excluding carboxylic acids is 2. The van der Waals surface area contributed by atoms with Crippen molar-refractivity contribution in [1.29, 1.82) is 0 Å². The molecule has 0 aliphatic carbocycles. The number of hydrogen-bond acceptors (Lipinski definition) is 5. The molecule has 0 saturated carbocycles. The number of Topliss-reactive ketones (excluding diaryl/α,β-unsaturated/α-hetero) is 1. The Morgan fingerprint density at radius 2 is 1.88 bits per heavy atom. The van der Waals surface area contributed by atoms with Crippen LogP contribution in [-0.4, -0.2) is 28.4 Å². The summed E-state index contributed by atoms with van der Waals surface area (Å²) < 4.78 is 5.51. The smallest absolute Gasteiger partial charge is 0.300 e. The lowest BCUT2D eigenvalue weighted by Crippen LogP contribution is -2.29. The van der Waals surface area contributed by atoms with E-state index < -0.39 is 17.7 Å². The Labute approximate surface area is 190 Å². The van der Waals surface area contributed by atoms with E-state index in [1.807, 2.05) is 32.0 Å². The van der Waals surface area contributed by atoms with Gasteiger partial charge in [0.25, 0.3) is 11.7 Å². The minimum absolute atomic E-state index is 0.0433. The molecule has 1 unspecified atom stereocenters. The van der Waals surface area contributed by atoms with Crippen LogP contribution in [-0.2, 0) is 9.59 Å². The number of ketones is 1. The van der Waals surface area contributed by atoms with Crippen molar-refractivity contribution in [2.75, 3.05) is 11.5 Å². The highest BCUT2D eigenvalue weighted by Crippen LogP contribution is 2.43. The average molecular weight is 449 g/mol. The molecule has 1 aromatic heterocycles. The van der Waals surface area contributed by atoms with E-state index in [0.717, 1.165) is 5.56 Å². The average Bonchev–Trinajstić information content (AvgIpc) is 3.06. The number of aromatic nitrogens is 1. The minimum Gasteiger partial charge on any atom is -0.507 e. The summed E-state index contributed by atoms with van der Waals surface area (Å²) in [5.74, 6) is -1.38. The zero-order valence-corrected chi connectivity index (χ0v) is 18.3. The number of carbonyl (C=O) groups is 2. The number of pyridine rings is 1. The number of halogens is 1. The normalized spacial score (nSPS) is 17.6. The van der Waals surface area contributed by atoms with Crippen molar-refractivity contribution in [3.63, 3.8) is 0 Å². The number of nitrogens with zero attached hydrogens (tertiary/aromatic N) is 2. The van der Waals surface area contributed by atoms with Crippen LogP contribution in [0.2, 0.25) is 5.02 Å². The van der Waals surface area contributed by atoms with Gasteiger partial charge in [0.05, 0.1) is 23.2 Å². The van der Waals surface area contributed by atoms with Crippen LogP contribution < -0.4 is 9.64 Å². The lowest BCUT2D eigenvalue weighted by Gasteiger charge is -2.25. The van der Waals surface area contributed by atoms with Gasteiger partial charge in [0.15, 0.2) is 0 Å². The van der Waals surface area contributed by atoms with Gasteiger partial charge in [-0.2, -0.15) is 0 Å². The summed E-state index contributed by atoms with van der Waals surface area (Å²) in [6.45, 7) is 4.17. The summed E-state index contributed by atoms with van der Waals surface area (Å²) in [6, 6.07) is 14.7. The van der Waals surface area contributed by atoms with Crippen LogP contribution in [0.1, 0.15) is 29.7 Å². The summed E-state index contributed by atoms with van der Waals surface area (Å²) in [5, 5.41) is 11.5. The molecule has 1 amide bonds. The number of aryl methyl sites for hydroxylation is 1. The molecule has 162 valence electrons. The van der Waals surface area contributed by atoms with Crippen LogP contribution in [0.4, 0.5) is 5.69 Å². The molecule has 0 spiro atoms. The number of benzene rings is 2. The van der Waals surface area contributed by atoms with E-state index in [4.69, 9.17) is 16.3 Å². The molecule has 32 heavy (non-hydrogen) atoms. The Morgan fingerprint density at radius 1 is 1.12 bits per heavy atom. The van der Waals surface area contributed by atoms with E-state index in [1.165, 1.54) is 4.90 Å². The lowest BCUT2D eigenvalue weighted by molar-refractivity contribution is -0.132. The second kappa shape index (κ2) is 8.85. The maximum atomic E-state index is 13.2. The van der Waals surface area contributed by atoms with Crippen molar-refractivity contribution in [3.05, 3.63) is 94.3 Å². The number of amides is 1. The quantitative estimate of drug-likeness (QED) is 0.335. The lowest BCUT2D eigenvalue weighted by atomic mass is 9.95. The number of hydrogen-bond donors (Lipinski definition) is 1. The summed E-state index contributed by atoms with van der Waals surface area (Å²) >= 11 is 6.35. The van der Waals surface area contributed by atoms with Crippen molar-refractivity contribution < 1.29 is 19.4 Å². The summed E-state index contributed by atoms with van der Waals surface area (Å²) in [6.07, 6.45) is 3.16. The van der Waals surface area contributed by atoms with E-state index in [0.29, 0.717) is 23.6 Å². The predicted molar refractivity (Wildman–Crippen MR) is 123 cm³/mol. The largest absolute Gasteiger partial charge is 0.507 e. The number of aliphatic hydroxyl groups excluding tert-OH is 1. The molecule has 1 N–H and O–H groups in total. The van der Waals surface area contributed by atoms with E-state index >= 15 is 0 Å². The molecule has 1 fully saturated rings. The maximum absolute atomic E-state index is 13.2. The molecule has 1 aliphatic heterocycles. The van der Waals surface area contributed by atoms with Crippen LogP contribution in [0.25, 0.3) is 5.76 Å². The van der Waals surface area contributed by atoms with E-state index in [9.17, 15) is 14.7 Å². The van der Waals surface area contributed by atoms with Crippen molar-refractivity contribution in [2.45, 2.75) is 19.9 Å². The molecule has 0 bridgehead atoms. The van der Waals surface area contributed by atoms with Crippen LogP contribution in [0.15, 0.2) is 72.6 Å². The standard InChI is InChI=1S/C25H21ClN2O4/c1-3-32-18-7-8-20(26)19(14-18)23(29)21-22(16-9-11-27-12-10-16)28(25(31)24(21)30)17-6-4-5-15(2)13-17/h4-14,22,29H,3H2,1-2H3/b23-21+. The van der Waals surface area contributed by atoms with Gasteiger partial charge in [-0.15, -0.1) is 0 Å². The van der Waals surface area contributed by atoms with E-state index in [1.54, 1.807) is 48.8 Å². The zero-order valence-electron chi connectivity index (χ0n) is 17.6. The summed E-state index contributed by atoms with van der Waals surface area (Å²) in [4.78, 5) is 31.8. The van der Waals surface area contributed by atoms with Gasteiger partial charge in [-0.25, -0.2) is 0 Å². The number of rotatable bonds is 5. The van der Waals surface area contributed by atoms with Gasteiger partial charge < -0.3 is 9.84 Å². The fourth-order valence-corrected chi connectivity index (χ4v) is 4.03. The molecular weight excluding hydrogens is 428 g/mol. The van der Waals surface area contributed by atoms with Crippen molar-refractivity contribution in [1.82, 2.24) is 4.98 Å². The molecular formula is C25H21ClN2O4. The third kappa shape index (κ3) is 3.85. The Hall–Kier alpha value is -3.64. The van der Waals surface area contributed by atoms with Gasteiger partial charge in [-0.05, 0) is 67.4 Å². The molecule has 2 aromatic carbocycles. The van der Waals surface area contributed by atoms with Crippen molar-refractivity contribution in [3.8, 4) is 5.75 Å². The van der Waals surface area contributed by atoms with Crippen LogP contribution in [0, 0.1) is 6.92 Å².